The summed E-state index contributed by atoms with van der Waals surface area (Å²) >= 11 is 0. The molecule has 13 nitrogen and oxygen atoms in total. The highest BCUT2D eigenvalue weighted by molar-refractivity contribution is 6.38. The van der Waals surface area contributed by atoms with Crippen LogP contribution >= 0.6 is 0 Å². The number of nitrogens with zero attached hydrogens (tertiary/aromatic N) is 1. The van der Waals surface area contributed by atoms with Gasteiger partial charge < -0.3 is 36.2 Å². The van der Waals surface area contributed by atoms with Crippen LogP contribution < -0.4 is 26.6 Å². The lowest BCUT2D eigenvalue weighted by molar-refractivity contribution is -0.145. The van der Waals surface area contributed by atoms with E-state index in [9.17, 15) is 28.8 Å². The molecule has 1 heterocycles. The van der Waals surface area contributed by atoms with E-state index in [0.717, 1.165) is 0 Å². The van der Waals surface area contributed by atoms with Crippen LogP contribution in [0.4, 0.5) is 9.59 Å². The summed E-state index contributed by atoms with van der Waals surface area (Å²) in [5, 5.41) is 13.3. The van der Waals surface area contributed by atoms with Gasteiger partial charge in [0.2, 0.25) is 17.6 Å². The van der Waals surface area contributed by atoms with Gasteiger partial charge in [0.1, 0.15) is 18.7 Å². The zero-order valence-electron chi connectivity index (χ0n) is 28.6. The highest BCUT2D eigenvalue weighted by Gasteiger charge is 2.70. The second-order valence-corrected chi connectivity index (χ2v) is 14.8. The monoisotopic (exact) mass is 634 g/mol. The summed E-state index contributed by atoms with van der Waals surface area (Å²) in [4.78, 5) is 79.9. The molecule has 0 bridgehead atoms. The average Bonchev–Trinajstić information content (AvgIpc) is 3.26. The van der Waals surface area contributed by atoms with E-state index in [0.29, 0.717) is 13.0 Å². The standard InChI is InChI=1S/C32H54N6O7/c1-12-14-19(23(39)26(41)34-15-13-2)35-25(40)22-21-18(32(21,9)10)16-38(22)27(42)24(31(6,7)8)37-28(43)36-20(30(3,4)5)17-45-29(44)33-11/h13,18-22,24H,2,12,14-17H2,1,3-11H3,(H,33,44)(H,34,41)(H,35,40)(H2,36,37,43)/t18-,19?,20+,21-,22-,24+/m0/s1. The molecule has 1 saturated carbocycles. The number of carbonyl (C=O) groups is 6. The van der Waals surface area contributed by atoms with E-state index in [4.69, 9.17) is 4.74 Å². The Hall–Kier alpha value is -3.64. The van der Waals surface area contributed by atoms with Gasteiger partial charge in [-0.2, -0.15) is 0 Å². The van der Waals surface area contributed by atoms with Crippen LogP contribution in [-0.4, -0.2) is 91.4 Å². The molecule has 0 aromatic carbocycles. The number of alkyl carbamates (subject to hydrolysis) is 1. The van der Waals surface area contributed by atoms with E-state index >= 15 is 0 Å². The van der Waals surface area contributed by atoms with Crippen molar-refractivity contribution in [3.8, 4) is 0 Å². The molecule has 5 N–H and O–H groups in total. The van der Waals surface area contributed by atoms with Gasteiger partial charge in [-0.15, -0.1) is 6.58 Å². The molecule has 1 aliphatic carbocycles. The molecule has 2 aliphatic rings. The fourth-order valence-electron chi connectivity index (χ4n) is 5.92. The maximum absolute atomic E-state index is 14.2. The normalized spacial score (nSPS) is 22.1. The Morgan fingerprint density at radius 2 is 1.62 bits per heavy atom. The molecule has 1 unspecified atom stereocenters. The van der Waals surface area contributed by atoms with Crippen LogP contribution in [0.2, 0.25) is 0 Å². The molecule has 1 aliphatic heterocycles. The van der Waals surface area contributed by atoms with Gasteiger partial charge >= 0.3 is 12.1 Å². The number of nitrogens with one attached hydrogen (secondary N) is 5. The first-order valence-electron chi connectivity index (χ1n) is 15.7. The predicted molar refractivity (Wildman–Crippen MR) is 170 cm³/mol. The highest BCUT2D eigenvalue weighted by Crippen LogP contribution is 2.65. The van der Waals surface area contributed by atoms with Gasteiger partial charge in [-0.25, -0.2) is 9.59 Å². The first-order chi connectivity index (χ1) is 20.7. The summed E-state index contributed by atoms with van der Waals surface area (Å²) in [7, 11) is 1.44. The molecule has 13 heteroatoms. The Labute approximate surface area is 267 Å². The number of hydrogen-bond donors (Lipinski definition) is 5. The third-order valence-electron chi connectivity index (χ3n) is 8.93. The molecule has 0 radical (unpaired) electrons. The van der Waals surface area contributed by atoms with E-state index in [-0.39, 0.29) is 36.8 Å². The van der Waals surface area contributed by atoms with Gasteiger partial charge in [0.15, 0.2) is 0 Å². The summed E-state index contributed by atoms with van der Waals surface area (Å²) < 4.78 is 5.19. The third kappa shape index (κ3) is 9.20. The summed E-state index contributed by atoms with van der Waals surface area (Å²) in [6, 6.07) is -4.11. The molecule has 1 saturated heterocycles. The van der Waals surface area contributed by atoms with Crippen LogP contribution in [-0.2, 0) is 23.9 Å². The number of ketones is 1. The lowest BCUT2D eigenvalue weighted by atomic mass is 9.85. The second-order valence-electron chi connectivity index (χ2n) is 14.8. The fraction of sp³-hybridized carbons (Fsp3) is 0.750. The lowest BCUT2D eigenvalue weighted by Gasteiger charge is -2.38. The molecule has 6 atom stereocenters. The highest BCUT2D eigenvalue weighted by atomic mass is 16.5. The fourth-order valence-corrected chi connectivity index (χ4v) is 5.92. The van der Waals surface area contributed by atoms with E-state index in [1.165, 1.54) is 18.0 Å². The van der Waals surface area contributed by atoms with Crippen molar-refractivity contribution < 1.29 is 33.5 Å². The molecule has 0 aromatic heterocycles. The van der Waals surface area contributed by atoms with Gasteiger partial charge in [0, 0.05) is 20.1 Å². The third-order valence-corrected chi connectivity index (χ3v) is 8.93. The van der Waals surface area contributed by atoms with Gasteiger partial charge in [-0.3, -0.25) is 19.2 Å². The summed E-state index contributed by atoms with van der Waals surface area (Å²) in [5.74, 6) is -2.56. The Morgan fingerprint density at radius 1 is 1.00 bits per heavy atom. The molecule has 6 amide bonds. The van der Waals surface area contributed by atoms with Crippen LogP contribution in [0.15, 0.2) is 12.7 Å². The van der Waals surface area contributed by atoms with Crippen LogP contribution in [0.1, 0.15) is 75.2 Å². The van der Waals surface area contributed by atoms with Crippen LogP contribution in [0.25, 0.3) is 0 Å². The number of Topliss-reactive ketones (excluding diaryl/α,β-unsaturated/α-hetero) is 1. The molecule has 45 heavy (non-hydrogen) atoms. The minimum absolute atomic E-state index is 0.0648. The van der Waals surface area contributed by atoms with Crippen LogP contribution in [0.3, 0.4) is 0 Å². The Morgan fingerprint density at radius 3 is 2.13 bits per heavy atom. The molecule has 2 rings (SSSR count). The smallest absolute Gasteiger partial charge is 0.406 e. The SMILES string of the molecule is C=CCNC(=O)C(=O)C(CCC)NC(=O)[C@@H]1[C@@H]2[C@H](CN1C(=O)[C@@H](NC(=O)N[C@H](COC(=O)NC)C(C)(C)C)C(C)(C)C)C2(C)C. The predicted octanol–water partition coefficient (Wildman–Crippen LogP) is 2.11. The number of carbonyl (C=O) groups excluding carboxylic acids is 6. The van der Waals surface area contributed by atoms with E-state index < -0.39 is 70.6 Å². The Balaban J connectivity index is 2.30. The summed E-state index contributed by atoms with van der Waals surface area (Å²) in [5.41, 5.74) is -1.42. The topological polar surface area (TPSA) is 175 Å². The first-order valence-corrected chi connectivity index (χ1v) is 15.7. The van der Waals surface area contributed by atoms with Crippen molar-refractivity contribution in [2.45, 2.75) is 99.3 Å². The van der Waals surface area contributed by atoms with Gasteiger partial charge in [0.05, 0.1) is 12.1 Å². The zero-order chi connectivity index (χ0) is 34.5. The lowest BCUT2D eigenvalue weighted by Crippen LogP contribution is -2.62. The largest absolute Gasteiger partial charge is 0.447 e. The molecule has 254 valence electrons. The Kier molecular flexibility index (Phi) is 12.2. The summed E-state index contributed by atoms with van der Waals surface area (Å²) in [6.45, 7) is 20.9. The minimum Gasteiger partial charge on any atom is -0.447 e. The molecule has 0 spiro atoms. The molecular weight excluding hydrogens is 580 g/mol. The number of hydrogen-bond acceptors (Lipinski definition) is 7. The number of piperidine rings is 1. The maximum atomic E-state index is 14.2. The maximum Gasteiger partial charge on any atom is 0.406 e. The van der Waals surface area contributed by atoms with Crippen molar-refractivity contribution in [1.29, 1.82) is 0 Å². The van der Waals surface area contributed by atoms with Gasteiger partial charge in [0.25, 0.3) is 5.91 Å². The van der Waals surface area contributed by atoms with E-state index in [1.807, 2.05) is 62.3 Å². The summed E-state index contributed by atoms with van der Waals surface area (Å²) in [6.07, 6.45) is 1.63. The average molecular weight is 635 g/mol. The van der Waals surface area contributed by atoms with Crippen molar-refractivity contribution in [3.05, 3.63) is 12.7 Å². The zero-order valence-corrected chi connectivity index (χ0v) is 28.6. The van der Waals surface area contributed by atoms with Gasteiger partial charge in [-0.1, -0.05) is 74.8 Å². The first kappa shape index (κ1) is 37.5. The van der Waals surface area contributed by atoms with Crippen molar-refractivity contribution in [1.82, 2.24) is 31.5 Å². The molecule has 2 fully saturated rings. The van der Waals surface area contributed by atoms with E-state index in [1.54, 1.807) is 0 Å². The number of likely N-dealkylation sites (tertiary alicyclic amines) is 1. The van der Waals surface area contributed by atoms with Crippen LogP contribution in [0.5, 0.6) is 0 Å². The van der Waals surface area contributed by atoms with E-state index in [2.05, 4.69) is 33.2 Å². The van der Waals surface area contributed by atoms with Crippen molar-refractivity contribution >= 4 is 35.6 Å². The van der Waals surface area contributed by atoms with Gasteiger partial charge in [-0.05, 0) is 34.5 Å². The number of rotatable bonds is 13. The molecule has 0 aromatic rings. The van der Waals surface area contributed by atoms with Crippen molar-refractivity contribution in [2.75, 3.05) is 26.7 Å². The number of urea groups is 1. The Bertz CT molecular complexity index is 1160. The minimum atomic E-state index is -1.04. The van der Waals surface area contributed by atoms with Crippen LogP contribution in [0, 0.1) is 28.1 Å². The number of amides is 6. The molecular formula is C32H54N6O7. The second kappa shape index (κ2) is 14.6. The van der Waals surface area contributed by atoms with Crippen molar-refractivity contribution in [2.24, 2.45) is 28.1 Å². The number of ether oxygens (including phenoxy) is 1. The number of fused-ring (bicyclic) bond motifs is 1. The quantitative estimate of drug-likeness (QED) is 0.152. The van der Waals surface area contributed by atoms with Crippen molar-refractivity contribution in [3.63, 3.8) is 0 Å².